The highest BCUT2D eigenvalue weighted by Gasteiger charge is 2.30. The highest BCUT2D eigenvalue weighted by Crippen LogP contribution is 2.42. The minimum absolute atomic E-state index is 0.280. The van der Waals surface area contributed by atoms with Crippen LogP contribution < -0.4 is 0 Å². The monoisotopic (exact) mass is 307 g/mol. The summed E-state index contributed by atoms with van der Waals surface area (Å²) in [5.41, 5.74) is 2.34. The lowest BCUT2D eigenvalue weighted by molar-refractivity contribution is 0.0524. The molecule has 1 aliphatic carbocycles. The number of esters is 1. The van der Waals surface area contributed by atoms with E-state index in [1.165, 1.54) is 11.3 Å². The molecule has 0 unspecified atom stereocenters. The summed E-state index contributed by atoms with van der Waals surface area (Å²) < 4.78 is 5.84. The predicted molar refractivity (Wildman–Crippen MR) is 80.5 cm³/mol. The fourth-order valence-electron chi connectivity index (χ4n) is 2.11. The van der Waals surface area contributed by atoms with E-state index in [9.17, 15) is 4.79 Å². The number of aromatic nitrogens is 1. The number of nitrogens with zero attached hydrogens (tertiary/aromatic N) is 1. The highest BCUT2D eigenvalue weighted by molar-refractivity contribution is 7.19. The van der Waals surface area contributed by atoms with Crippen LogP contribution in [0.2, 0.25) is 4.34 Å². The van der Waals surface area contributed by atoms with Crippen molar-refractivity contribution in [2.45, 2.75) is 25.7 Å². The minimum Gasteiger partial charge on any atom is -0.462 e. The second kappa shape index (κ2) is 5.54. The van der Waals surface area contributed by atoms with Crippen LogP contribution in [0.5, 0.6) is 0 Å². The molecule has 0 saturated heterocycles. The van der Waals surface area contributed by atoms with Gasteiger partial charge in [0.15, 0.2) is 0 Å². The average molecular weight is 308 g/mol. The number of hydrogen-bond donors (Lipinski definition) is 0. The summed E-state index contributed by atoms with van der Waals surface area (Å²) in [5.74, 6) is 0.113. The smallest absolute Gasteiger partial charge is 0.339 e. The molecule has 1 saturated carbocycles. The Hall–Kier alpha value is -1.39. The van der Waals surface area contributed by atoms with Crippen molar-refractivity contribution in [2.24, 2.45) is 0 Å². The first-order valence-electron chi connectivity index (χ1n) is 6.63. The van der Waals surface area contributed by atoms with E-state index in [1.807, 2.05) is 31.2 Å². The van der Waals surface area contributed by atoms with E-state index < -0.39 is 0 Å². The van der Waals surface area contributed by atoms with E-state index in [0.29, 0.717) is 18.1 Å². The van der Waals surface area contributed by atoms with Crippen molar-refractivity contribution in [2.75, 3.05) is 6.61 Å². The molecule has 0 amide bonds. The molecule has 3 rings (SSSR count). The molecule has 20 heavy (non-hydrogen) atoms. The molecular formula is C15H14ClNO2S. The third-order valence-electron chi connectivity index (χ3n) is 3.21. The van der Waals surface area contributed by atoms with Crippen molar-refractivity contribution in [1.82, 2.24) is 4.98 Å². The molecule has 0 aliphatic heterocycles. The zero-order valence-electron chi connectivity index (χ0n) is 11.1. The van der Waals surface area contributed by atoms with Gasteiger partial charge in [-0.1, -0.05) is 11.6 Å². The van der Waals surface area contributed by atoms with E-state index in [4.69, 9.17) is 16.3 Å². The number of halogens is 1. The van der Waals surface area contributed by atoms with Crippen LogP contribution in [0.4, 0.5) is 0 Å². The van der Waals surface area contributed by atoms with Gasteiger partial charge in [-0.25, -0.2) is 4.79 Å². The van der Waals surface area contributed by atoms with E-state index in [2.05, 4.69) is 4.98 Å². The van der Waals surface area contributed by atoms with Gasteiger partial charge in [0.05, 0.1) is 32.8 Å². The van der Waals surface area contributed by atoms with Crippen molar-refractivity contribution in [3.63, 3.8) is 0 Å². The molecule has 1 aliphatic rings. The van der Waals surface area contributed by atoms with Crippen molar-refractivity contribution < 1.29 is 9.53 Å². The molecule has 2 aromatic rings. The van der Waals surface area contributed by atoms with Crippen molar-refractivity contribution >= 4 is 28.9 Å². The van der Waals surface area contributed by atoms with Crippen LogP contribution in [-0.4, -0.2) is 17.6 Å². The topological polar surface area (TPSA) is 39.2 Å². The van der Waals surface area contributed by atoms with Gasteiger partial charge in [0, 0.05) is 5.92 Å². The van der Waals surface area contributed by atoms with Crippen molar-refractivity contribution in [1.29, 1.82) is 0 Å². The summed E-state index contributed by atoms with van der Waals surface area (Å²) in [7, 11) is 0. The van der Waals surface area contributed by atoms with Crippen LogP contribution in [0.15, 0.2) is 24.3 Å². The van der Waals surface area contributed by atoms with Crippen LogP contribution in [0.3, 0.4) is 0 Å². The highest BCUT2D eigenvalue weighted by atomic mass is 35.5. The van der Waals surface area contributed by atoms with Crippen LogP contribution >= 0.6 is 22.9 Å². The van der Waals surface area contributed by atoms with Crippen LogP contribution in [0, 0.1) is 0 Å². The number of thiophene rings is 1. The Morgan fingerprint density at radius 3 is 2.80 bits per heavy atom. The number of rotatable bonds is 4. The summed E-state index contributed by atoms with van der Waals surface area (Å²) in [5, 5.41) is 0. The van der Waals surface area contributed by atoms with Crippen molar-refractivity contribution in [3.05, 3.63) is 39.9 Å². The maximum Gasteiger partial charge on any atom is 0.339 e. The Labute approximate surface area is 126 Å². The number of ether oxygens (including phenoxy) is 1. The molecule has 5 heteroatoms. The molecule has 2 aromatic heterocycles. The first-order valence-corrected chi connectivity index (χ1v) is 7.82. The van der Waals surface area contributed by atoms with Crippen LogP contribution in [0.1, 0.15) is 41.7 Å². The Balaban J connectivity index is 1.99. The molecule has 3 nitrogen and oxygen atoms in total. The standard InChI is InChI=1S/C15H14ClNO2S/c1-2-19-15(18)10-5-6-11(12-7-8-13(16)20-12)17-14(10)9-3-4-9/h5-9H,2-4H2,1H3. The van der Waals surface area contributed by atoms with Gasteiger partial charge in [0.2, 0.25) is 0 Å². The Morgan fingerprint density at radius 2 is 2.20 bits per heavy atom. The second-order valence-electron chi connectivity index (χ2n) is 4.73. The first-order chi connectivity index (χ1) is 9.69. The van der Waals surface area contributed by atoms with Gasteiger partial charge in [0.1, 0.15) is 0 Å². The van der Waals surface area contributed by atoms with Crippen molar-refractivity contribution in [3.8, 4) is 10.6 Å². The fourth-order valence-corrected chi connectivity index (χ4v) is 3.13. The lowest BCUT2D eigenvalue weighted by Gasteiger charge is -2.09. The Morgan fingerprint density at radius 1 is 1.40 bits per heavy atom. The summed E-state index contributed by atoms with van der Waals surface area (Å²) in [6.07, 6.45) is 2.18. The summed E-state index contributed by atoms with van der Waals surface area (Å²) in [6, 6.07) is 7.50. The lowest BCUT2D eigenvalue weighted by atomic mass is 10.1. The quantitative estimate of drug-likeness (QED) is 0.780. The second-order valence-corrected chi connectivity index (χ2v) is 6.44. The van der Waals surface area contributed by atoms with Gasteiger partial charge in [-0.15, -0.1) is 11.3 Å². The molecule has 0 N–H and O–H groups in total. The molecule has 0 bridgehead atoms. The molecule has 0 spiro atoms. The predicted octanol–water partition coefficient (Wildman–Crippen LogP) is 4.52. The zero-order valence-corrected chi connectivity index (χ0v) is 12.6. The van der Waals surface area contributed by atoms with Gasteiger partial charge in [-0.2, -0.15) is 0 Å². The van der Waals surface area contributed by atoms with Gasteiger partial charge in [-0.3, -0.25) is 4.98 Å². The maximum absolute atomic E-state index is 12.0. The molecule has 0 radical (unpaired) electrons. The molecule has 1 fully saturated rings. The van der Waals surface area contributed by atoms with Gasteiger partial charge < -0.3 is 4.74 Å². The summed E-state index contributed by atoms with van der Waals surface area (Å²) >= 11 is 7.46. The number of carbonyl (C=O) groups is 1. The van der Waals surface area contributed by atoms with Crippen LogP contribution in [-0.2, 0) is 4.74 Å². The molecular weight excluding hydrogens is 294 g/mol. The van der Waals surface area contributed by atoms with E-state index in [-0.39, 0.29) is 5.97 Å². The average Bonchev–Trinajstić information content (AvgIpc) is 3.20. The Kier molecular flexibility index (Phi) is 3.76. The zero-order chi connectivity index (χ0) is 14.1. The molecule has 104 valence electrons. The molecule has 0 atom stereocenters. The Bertz CT molecular complexity index is 649. The SMILES string of the molecule is CCOC(=O)c1ccc(-c2ccc(Cl)s2)nc1C1CC1. The number of pyridine rings is 1. The maximum atomic E-state index is 12.0. The van der Waals surface area contributed by atoms with Gasteiger partial charge >= 0.3 is 5.97 Å². The van der Waals surface area contributed by atoms with Crippen LogP contribution in [0.25, 0.3) is 10.6 Å². The number of hydrogen-bond acceptors (Lipinski definition) is 4. The summed E-state index contributed by atoms with van der Waals surface area (Å²) in [6.45, 7) is 2.19. The van der Waals surface area contributed by atoms with E-state index in [1.54, 1.807) is 0 Å². The third-order valence-corrected chi connectivity index (χ3v) is 4.46. The molecule has 0 aromatic carbocycles. The summed E-state index contributed by atoms with van der Waals surface area (Å²) in [4.78, 5) is 17.7. The third kappa shape index (κ3) is 2.72. The van der Waals surface area contributed by atoms with E-state index >= 15 is 0 Å². The fraction of sp³-hybridized carbons (Fsp3) is 0.333. The number of carbonyl (C=O) groups excluding carboxylic acids is 1. The lowest BCUT2D eigenvalue weighted by Crippen LogP contribution is -2.09. The van der Waals surface area contributed by atoms with E-state index in [0.717, 1.165) is 33.4 Å². The normalized spacial score (nSPS) is 14.3. The van der Waals surface area contributed by atoms with Gasteiger partial charge in [-0.05, 0) is 44.0 Å². The minimum atomic E-state index is -0.280. The molecule has 2 heterocycles. The first kappa shape index (κ1) is 13.6. The van der Waals surface area contributed by atoms with Gasteiger partial charge in [0.25, 0.3) is 0 Å². The largest absolute Gasteiger partial charge is 0.462 e.